The highest BCUT2D eigenvalue weighted by Gasteiger charge is 2.06. The number of fused-ring (bicyclic) bond motifs is 1. The van der Waals surface area contributed by atoms with E-state index < -0.39 is 0 Å². The van der Waals surface area contributed by atoms with Crippen molar-refractivity contribution in [2.24, 2.45) is 5.16 Å². The van der Waals surface area contributed by atoms with Gasteiger partial charge in [-0.1, -0.05) is 47.6 Å². The summed E-state index contributed by atoms with van der Waals surface area (Å²) >= 11 is 0. The molecule has 0 amide bonds. The molecule has 0 unspecified atom stereocenters. The number of oxime groups is 1. The fraction of sp³-hybridized carbons (Fsp3) is 0.133. The lowest BCUT2D eigenvalue weighted by atomic mass is 10.0. The van der Waals surface area contributed by atoms with Crippen molar-refractivity contribution < 1.29 is 9.94 Å². The van der Waals surface area contributed by atoms with Gasteiger partial charge in [0.05, 0.1) is 6.21 Å². The minimum absolute atomic E-state index is 0.501. The number of hydrogen-bond acceptors (Lipinski definition) is 3. The lowest BCUT2D eigenvalue weighted by Crippen LogP contribution is -1.98. The molecule has 0 radical (unpaired) electrons. The Hall–Kier alpha value is -2.29. The van der Waals surface area contributed by atoms with E-state index in [1.54, 1.807) is 0 Å². The molecule has 2 aromatic rings. The van der Waals surface area contributed by atoms with Gasteiger partial charge in [0.1, 0.15) is 12.4 Å². The number of nitrogens with zero attached hydrogens (tertiary/aromatic N) is 1. The second kappa shape index (κ2) is 5.87. The first kappa shape index (κ1) is 12.2. The van der Waals surface area contributed by atoms with Gasteiger partial charge in [-0.2, -0.15) is 0 Å². The van der Waals surface area contributed by atoms with E-state index in [1.807, 2.05) is 55.5 Å². The van der Waals surface area contributed by atoms with Gasteiger partial charge in [-0.05, 0) is 23.8 Å². The zero-order chi connectivity index (χ0) is 12.8. The van der Waals surface area contributed by atoms with Crippen LogP contribution in [0.5, 0.6) is 5.75 Å². The van der Waals surface area contributed by atoms with E-state index in [9.17, 15) is 0 Å². The summed E-state index contributed by atoms with van der Waals surface area (Å²) in [6.45, 7) is 2.45. The van der Waals surface area contributed by atoms with Crippen molar-refractivity contribution in [3.05, 3.63) is 54.1 Å². The molecular formula is C15H15NO2. The van der Waals surface area contributed by atoms with Crippen LogP contribution in [0.15, 0.2) is 53.7 Å². The van der Waals surface area contributed by atoms with Gasteiger partial charge in [0.25, 0.3) is 0 Å². The molecule has 3 heteroatoms. The predicted octanol–water partition coefficient (Wildman–Crippen LogP) is 3.60. The van der Waals surface area contributed by atoms with Crippen LogP contribution in [-0.4, -0.2) is 18.0 Å². The average molecular weight is 241 g/mol. The average Bonchev–Trinajstić information content (AvgIpc) is 2.41. The highest BCUT2D eigenvalue weighted by atomic mass is 16.5. The third-order valence-corrected chi connectivity index (χ3v) is 2.69. The molecule has 0 saturated carbocycles. The van der Waals surface area contributed by atoms with Gasteiger partial charge in [0.2, 0.25) is 0 Å². The summed E-state index contributed by atoms with van der Waals surface area (Å²) in [5, 5.41) is 14.0. The molecule has 0 aliphatic heterocycles. The quantitative estimate of drug-likeness (QED) is 0.384. The van der Waals surface area contributed by atoms with Crippen molar-refractivity contribution in [1.29, 1.82) is 0 Å². The molecule has 0 heterocycles. The van der Waals surface area contributed by atoms with Crippen LogP contribution in [0, 0.1) is 0 Å². The van der Waals surface area contributed by atoms with Crippen LogP contribution in [0.25, 0.3) is 10.8 Å². The third-order valence-electron chi connectivity index (χ3n) is 2.69. The lowest BCUT2D eigenvalue weighted by molar-refractivity contribution is 0.321. The van der Waals surface area contributed by atoms with E-state index in [4.69, 9.17) is 9.94 Å². The molecule has 0 aromatic heterocycles. The molecule has 92 valence electrons. The Morgan fingerprint density at radius 2 is 2.06 bits per heavy atom. The second-order valence-corrected chi connectivity index (χ2v) is 3.82. The lowest BCUT2D eigenvalue weighted by Gasteiger charge is -2.09. The summed E-state index contributed by atoms with van der Waals surface area (Å²) in [7, 11) is 0. The zero-order valence-electron chi connectivity index (χ0n) is 10.2. The van der Waals surface area contributed by atoms with Crippen LogP contribution in [0.4, 0.5) is 0 Å². The van der Waals surface area contributed by atoms with E-state index in [0.717, 1.165) is 16.3 Å². The number of hydrogen-bond donors (Lipinski definition) is 1. The molecule has 2 rings (SSSR count). The van der Waals surface area contributed by atoms with Gasteiger partial charge < -0.3 is 9.94 Å². The SMILES string of the molecule is C/C=C/COc1ccc2ccccc2c1/C=N/O. The summed E-state index contributed by atoms with van der Waals surface area (Å²) in [4.78, 5) is 0. The molecule has 1 N–H and O–H groups in total. The van der Waals surface area contributed by atoms with Gasteiger partial charge in [-0.15, -0.1) is 0 Å². The van der Waals surface area contributed by atoms with E-state index in [-0.39, 0.29) is 0 Å². The first-order valence-corrected chi connectivity index (χ1v) is 5.80. The van der Waals surface area contributed by atoms with Crippen LogP contribution in [0.1, 0.15) is 12.5 Å². The standard InChI is InChI=1S/C15H15NO2/c1-2-3-10-18-15-9-8-12-6-4-5-7-13(12)14(15)11-16-17/h2-9,11,17H,10H2,1H3/b3-2+,16-11+. The first-order valence-electron chi connectivity index (χ1n) is 5.80. The summed E-state index contributed by atoms with van der Waals surface area (Å²) in [5.74, 6) is 0.713. The minimum Gasteiger partial charge on any atom is -0.489 e. The Bertz CT molecular complexity index is 588. The molecule has 0 spiro atoms. The fourth-order valence-corrected chi connectivity index (χ4v) is 1.83. The maximum absolute atomic E-state index is 8.78. The predicted molar refractivity (Wildman–Crippen MR) is 73.6 cm³/mol. The molecular weight excluding hydrogens is 226 g/mol. The first-order chi connectivity index (χ1) is 8.86. The topological polar surface area (TPSA) is 41.8 Å². The summed E-state index contributed by atoms with van der Waals surface area (Å²) in [6, 6.07) is 11.8. The van der Waals surface area contributed by atoms with Crippen molar-refractivity contribution in [2.75, 3.05) is 6.61 Å². The van der Waals surface area contributed by atoms with E-state index in [0.29, 0.717) is 12.4 Å². The summed E-state index contributed by atoms with van der Waals surface area (Å²) in [6.07, 6.45) is 5.27. The molecule has 0 bridgehead atoms. The smallest absolute Gasteiger partial charge is 0.129 e. The van der Waals surface area contributed by atoms with Crippen molar-refractivity contribution in [1.82, 2.24) is 0 Å². The molecule has 0 aliphatic carbocycles. The maximum Gasteiger partial charge on any atom is 0.129 e. The van der Waals surface area contributed by atoms with Crippen LogP contribution >= 0.6 is 0 Å². The van der Waals surface area contributed by atoms with Gasteiger partial charge in [0.15, 0.2) is 0 Å². The monoisotopic (exact) mass is 241 g/mol. The van der Waals surface area contributed by atoms with Crippen molar-refractivity contribution in [3.8, 4) is 5.75 Å². The maximum atomic E-state index is 8.78. The Kier molecular flexibility index (Phi) is 3.97. The van der Waals surface area contributed by atoms with E-state index in [2.05, 4.69) is 5.16 Å². The fourth-order valence-electron chi connectivity index (χ4n) is 1.83. The summed E-state index contributed by atoms with van der Waals surface area (Å²) < 4.78 is 5.65. The Labute approximate surface area is 106 Å². The highest BCUT2D eigenvalue weighted by molar-refractivity contribution is 6.02. The van der Waals surface area contributed by atoms with Crippen LogP contribution in [0.2, 0.25) is 0 Å². The third kappa shape index (κ3) is 2.51. The molecule has 0 saturated heterocycles. The van der Waals surface area contributed by atoms with Crippen LogP contribution in [-0.2, 0) is 0 Å². The molecule has 0 atom stereocenters. The molecule has 0 aliphatic rings. The van der Waals surface area contributed by atoms with E-state index >= 15 is 0 Å². The van der Waals surface area contributed by atoms with Crippen LogP contribution in [0.3, 0.4) is 0 Å². The molecule has 0 fully saturated rings. The Balaban J connectivity index is 2.48. The molecule has 2 aromatic carbocycles. The number of ether oxygens (including phenoxy) is 1. The van der Waals surface area contributed by atoms with Crippen molar-refractivity contribution >= 4 is 17.0 Å². The van der Waals surface area contributed by atoms with Crippen molar-refractivity contribution in [3.63, 3.8) is 0 Å². The number of rotatable bonds is 4. The van der Waals surface area contributed by atoms with Gasteiger partial charge >= 0.3 is 0 Å². The van der Waals surface area contributed by atoms with Gasteiger partial charge in [-0.25, -0.2) is 0 Å². The minimum atomic E-state index is 0.501. The molecule has 3 nitrogen and oxygen atoms in total. The Morgan fingerprint density at radius 1 is 1.22 bits per heavy atom. The normalized spacial score (nSPS) is 11.6. The van der Waals surface area contributed by atoms with Gasteiger partial charge in [0, 0.05) is 5.56 Å². The van der Waals surface area contributed by atoms with Crippen molar-refractivity contribution in [2.45, 2.75) is 6.92 Å². The largest absolute Gasteiger partial charge is 0.489 e. The zero-order valence-corrected chi connectivity index (χ0v) is 10.2. The van der Waals surface area contributed by atoms with Gasteiger partial charge in [-0.3, -0.25) is 0 Å². The molecule has 18 heavy (non-hydrogen) atoms. The second-order valence-electron chi connectivity index (χ2n) is 3.82. The van der Waals surface area contributed by atoms with E-state index in [1.165, 1.54) is 6.21 Å². The Morgan fingerprint density at radius 3 is 2.83 bits per heavy atom. The van der Waals surface area contributed by atoms with Crippen LogP contribution < -0.4 is 4.74 Å². The number of allylic oxidation sites excluding steroid dienone is 1. The summed E-state index contributed by atoms with van der Waals surface area (Å²) in [5.41, 5.74) is 0.792. The number of benzene rings is 2. The highest BCUT2D eigenvalue weighted by Crippen LogP contribution is 2.26.